The van der Waals surface area contributed by atoms with Gasteiger partial charge in [0.1, 0.15) is 5.82 Å². The van der Waals surface area contributed by atoms with E-state index in [2.05, 4.69) is 36.7 Å². The van der Waals surface area contributed by atoms with Crippen molar-refractivity contribution in [1.82, 2.24) is 0 Å². The van der Waals surface area contributed by atoms with Gasteiger partial charge in [-0.05, 0) is 49.0 Å². The third-order valence-electron chi connectivity index (χ3n) is 4.75. The highest BCUT2D eigenvalue weighted by atomic mass is 79.9. The maximum atomic E-state index is 13.9. The number of rotatable bonds is 2. The van der Waals surface area contributed by atoms with Crippen LogP contribution in [0.2, 0.25) is 0 Å². The summed E-state index contributed by atoms with van der Waals surface area (Å²) in [4.78, 5) is -0.256. The standard InChI is InChI=1S/C17H22BrF3/c1-17(2,3)11-6-4-10(5-7-11)16(18)12-8-14(20)15(21)9-13(12)19/h8-11,16H,4-7H2,1-3H3. The first-order valence-corrected chi connectivity index (χ1v) is 8.40. The van der Waals surface area contributed by atoms with Crippen LogP contribution < -0.4 is 0 Å². The van der Waals surface area contributed by atoms with E-state index in [9.17, 15) is 13.2 Å². The van der Waals surface area contributed by atoms with E-state index < -0.39 is 17.5 Å². The zero-order chi connectivity index (χ0) is 15.8. The summed E-state index contributed by atoms with van der Waals surface area (Å²) < 4.78 is 40.2. The van der Waals surface area contributed by atoms with Gasteiger partial charge >= 0.3 is 0 Å². The van der Waals surface area contributed by atoms with Crippen LogP contribution in [-0.4, -0.2) is 0 Å². The number of halogens is 4. The first-order valence-electron chi connectivity index (χ1n) is 7.48. The van der Waals surface area contributed by atoms with Gasteiger partial charge in [0.25, 0.3) is 0 Å². The van der Waals surface area contributed by atoms with Crippen molar-refractivity contribution in [2.24, 2.45) is 17.3 Å². The summed E-state index contributed by atoms with van der Waals surface area (Å²) in [5.74, 6) is -1.86. The molecule has 0 nitrogen and oxygen atoms in total. The van der Waals surface area contributed by atoms with Crippen LogP contribution in [0.4, 0.5) is 13.2 Å². The molecule has 1 atom stereocenters. The van der Waals surface area contributed by atoms with Crippen molar-refractivity contribution in [2.45, 2.75) is 51.3 Å². The van der Waals surface area contributed by atoms with Gasteiger partial charge in [0.15, 0.2) is 11.6 Å². The van der Waals surface area contributed by atoms with Crippen LogP contribution in [0.5, 0.6) is 0 Å². The van der Waals surface area contributed by atoms with Crippen LogP contribution in [0, 0.1) is 34.7 Å². The number of hydrogen-bond donors (Lipinski definition) is 0. The number of benzene rings is 1. The summed E-state index contributed by atoms with van der Waals surface area (Å²) in [6.45, 7) is 6.75. The zero-order valence-corrected chi connectivity index (χ0v) is 14.3. The molecule has 1 saturated carbocycles. The van der Waals surface area contributed by atoms with E-state index in [0.29, 0.717) is 17.4 Å². The monoisotopic (exact) mass is 362 g/mol. The van der Waals surface area contributed by atoms with Gasteiger partial charge in [-0.25, -0.2) is 13.2 Å². The summed E-state index contributed by atoms with van der Waals surface area (Å²) in [6.07, 6.45) is 4.16. The minimum atomic E-state index is -1.13. The van der Waals surface area contributed by atoms with Gasteiger partial charge in [0.2, 0.25) is 0 Å². The van der Waals surface area contributed by atoms with Crippen molar-refractivity contribution < 1.29 is 13.2 Å². The number of hydrogen-bond acceptors (Lipinski definition) is 0. The van der Waals surface area contributed by atoms with Gasteiger partial charge < -0.3 is 0 Å². The molecule has 0 amide bonds. The molecule has 0 radical (unpaired) electrons. The average molecular weight is 363 g/mol. The Hall–Kier alpha value is -0.510. The third-order valence-corrected chi connectivity index (χ3v) is 5.99. The minimum Gasteiger partial charge on any atom is -0.207 e. The molecular formula is C17H22BrF3. The molecule has 1 fully saturated rings. The van der Waals surface area contributed by atoms with Gasteiger partial charge in [0, 0.05) is 16.5 Å². The molecule has 2 rings (SSSR count). The molecule has 0 aromatic heterocycles. The summed E-state index contributed by atoms with van der Waals surface area (Å²) >= 11 is 3.50. The van der Waals surface area contributed by atoms with Crippen LogP contribution in [0.15, 0.2) is 12.1 Å². The summed E-state index contributed by atoms with van der Waals surface area (Å²) in [6, 6.07) is 1.62. The Labute approximate surface area is 133 Å². The molecule has 1 aliphatic carbocycles. The molecule has 118 valence electrons. The van der Waals surface area contributed by atoms with E-state index in [4.69, 9.17) is 0 Å². The fourth-order valence-corrected chi connectivity index (χ4v) is 4.16. The fraction of sp³-hybridized carbons (Fsp3) is 0.647. The normalized spacial score (nSPS) is 24.9. The lowest BCUT2D eigenvalue weighted by atomic mass is 9.69. The van der Waals surface area contributed by atoms with E-state index in [-0.39, 0.29) is 16.3 Å². The van der Waals surface area contributed by atoms with Crippen LogP contribution in [0.3, 0.4) is 0 Å². The van der Waals surface area contributed by atoms with Crippen LogP contribution in [0.25, 0.3) is 0 Å². The summed E-state index contributed by atoms with van der Waals surface area (Å²) in [5.41, 5.74) is 0.521. The Morgan fingerprint density at radius 1 is 0.952 bits per heavy atom. The Bertz CT molecular complexity index is 499. The van der Waals surface area contributed by atoms with Crippen LogP contribution in [-0.2, 0) is 0 Å². The minimum absolute atomic E-state index is 0.230. The molecule has 0 N–H and O–H groups in total. The third kappa shape index (κ3) is 3.82. The van der Waals surface area contributed by atoms with Crippen molar-refractivity contribution in [3.63, 3.8) is 0 Å². The molecule has 0 heterocycles. The molecule has 0 saturated heterocycles. The van der Waals surface area contributed by atoms with Crippen LogP contribution >= 0.6 is 15.9 Å². The second-order valence-corrected chi connectivity index (χ2v) is 8.15. The SMILES string of the molecule is CC(C)(C)C1CCC(C(Br)c2cc(F)c(F)cc2F)CC1. The number of alkyl halides is 1. The Morgan fingerprint density at radius 2 is 1.48 bits per heavy atom. The van der Waals surface area contributed by atoms with E-state index in [1.807, 2.05) is 0 Å². The van der Waals surface area contributed by atoms with Gasteiger partial charge in [-0.2, -0.15) is 0 Å². The Morgan fingerprint density at radius 3 is 2.00 bits per heavy atom. The van der Waals surface area contributed by atoms with E-state index in [1.165, 1.54) is 0 Å². The fourth-order valence-electron chi connectivity index (χ4n) is 3.28. The Kier molecular flexibility index (Phi) is 5.07. The van der Waals surface area contributed by atoms with Crippen molar-refractivity contribution in [3.8, 4) is 0 Å². The highest BCUT2D eigenvalue weighted by Crippen LogP contribution is 2.46. The maximum absolute atomic E-state index is 13.9. The van der Waals surface area contributed by atoms with Gasteiger partial charge in [-0.1, -0.05) is 36.7 Å². The van der Waals surface area contributed by atoms with Gasteiger partial charge in [-0.3, -0.25) is 0 Å². The second-order valence-electron chi connectivity index (χ2n) is 7.17. The van der Waals surface area contributed by atoms with Crippen molar-refractivity contribution >= 4 is 15.9 Å². The lowest BCUT2D eigenvalue weighted by Gasteiger charge is -2.38. The van der Waals surface area contributed by atoms with Crippen LogP contribution in [0.1, 0.15) is 56.8 Å². The van der Waals surface area contributed by atoms with E-state index in [0.717, 1.165) is 31.7 Å². The second kappa shape index (κ2) is 6.31. The molecule has 0 bridgehead atoms. The molecule has 0 spiro atoms. The molecule has 1 aromatic carbocycles. The Balaban J connectivity index is 2.09. The lowest BCUT2D eigenvalue weighted by molar-refractivity contribution is 0.149. The largest absolute Gasteiger partial charge is 0.207 e. The first-order chi connectivity index (χ1) is 9.70. The molecule has 1 unspecified atom stereocenters. The van der Waals surface area contributed by atoms with E-state index in [1.54, 1.807) is 0 Å². The molecule has 4 heteroatoms. The molecular weight excluding hydrogens is 341 g/mol. The molecule has 1 aliphatic rings. The molecule has 21 heavy (non-hydrogen) atoms. The van der Waals surface area contributed by atoms with Gasteiger partial charge in [0.05, 0.1) is 0 Å². The quantitative estimate of drug-likeness (QED) is 0.422. The highest BCUT2D eigenvalue weighted by Gasteiger charge is 2.33. The molecule has 1 aromatic rings. The summed E-state index contributed by atoms with van der Waals surface area (Å²) in [7, 11) is 0. The first kappa shape index (κ1) is 16.9. The lowest BCUT2D eigenvalue weighted by Crippen LogP contribution is -2.27. The average Bonchev–Trinajstić information content (AvgIpc) is 2.41. The topological polar surface area (TPSA) is 0 Å². The zero-order valence-electron chi connectivity index (χ0n) is 12.7. The van der Waals surface area contributed by atoms with Gasteiger partial charge in [-0.15, -0.1) is 0 Å². The van der Waals surface area contributed by atoms with Crippen molar-refractivity contribution in [2.75, 3.05) is 0 Å². The molecule has 0 aliphatic heterocycles. The van der Waals surface area contributed by atoms with Crippen molar-refractivity contribution in [3.05, 3.63) is 35.1 Å². The van der Waals surface area contributed by atoms with Crippen molar-refractivity contribution in [1.29, 1.82) is 0 Å². The maximum Gasteiger partial charge on any atom is 0.161 e. The predicted molar refractivity (Wildman–Crippen MR) is 82.9 cm³/mol. The smallest absolute Gasteiger partial charge is 0.161 e. The summed E-state index contributed by atoms with van der Waals surface area (Å²) in [5, 5.41) is 0. The van der Waals surface area contributed by atoms with E-state index >= 15 is 0 Å². The highest BCUT2D eigenvalue weighted by molar-refractivity contribution is 9.09. The predicted octanol–water partition coefficient (Wildman–Crippen LogP) is 6.39.